The summed E-state index contributed by atoms with van der Waals surface area (Å²) in [6.07, 6.45) is 2.93. The van der Waals surface area contributed by atoms with E-state index in [-0.39, 0.29) is 6.04 Å². The molecule has 1 rings (SSSR count). The Morgan fingerprint density at radius 3 is 2.31 bits per heavy atom. The summed E-state index contributed by atoms with van der Waals surface area (Å²) >= 11 is 0. The molecule has 0 bridgehead atoms. The molecular weight excluding hydrogens is 228 g/mol. The minimum absolute atomic E-state index is 0.230. The molecule has 1 heterocycles. The molecule has 1 aliphatic heterocycles. The predicted octanol–water partition coefficient (Wildman–Crippen LogP) is 0.466. The summed E-state index contributed by atoms with van der Waals surface area (Å²) in [5.74, 6) is 0. The average Bonchev–Trinajstić information content (AvgIpc) is 2.16. The Morgan fingerprint density at radius 1 is 1.25 bits per heavy atom. The number of aliphatic hydroxyl groups is 1. The third-order valence-electron chi connectivity index (χ3n) is 2.70. The molecule has 0 aromatic rings. The van der Waals surface area contributed by atoms with Crippen LogP contribution in [0.15, 0.2) is 0 Å². The zero-order valence-corrected chi connectivity index (χ0v) is 10.8. The van der Waals surface area contributed by atoms with Gasteiger partial charge in [-0.2, -0.15) is 17.4 Å². The maximum atomic E-state index is 11.9. The normalized spacial score (nSPS) is 22.9. The monoisotopic (exact) mass is 250 g/mol. The van der Waals surface area contributed by atoms with Gasteiger partial charge in [0.1, 0.15) is 0 Å². The fourth-order valence-electron chi connectivity index (χ4n) is 1.99. The molecule has 0 aliphatic carbocycles. The summed E-state index contributed by atoms with van der Waals surface area (Å²) in [6, 6.07) is -0.230. The molecule has 0 saturated carbocycles. The SMILES string of the molecule is CC(O)CC(C)NS(=O)(=O)N1CCCCC1. The number of nitrogens with zero attached hydrogens (tertiary/aromatic N) is 1. The minimum Gasteiger partial charge on any atom is -0.393 e. The van der Waals surface area contributed by atoms with Crippen LogP contribution in [0.25, 0.3) is 0 Å². The lowest BCUT2D eigenvalue weighted by atomic mass is 10.2. The highest BCUT2D eigenvalue weighted by molar-refractivity contribution is 7.87. The lowest BCUT2D eigenvalue weighted by Crippen LogP contribution is -2.47. The number of hydrogen-bond donors (Lipinski definition) is 2. The molecule has 1 fully saturated rings. The van der Waals surface area contributed by atoms with E-state index >= 15 is 0 Å². The van der Waals surface area contributed by atoms with Crippen LogP contribution in [-0.2, 0) is 10.2 Å². The van der Waals surface area contributed by atoms with Crippen molar-refractivity contribution in [3.05, 3.63) is 0 Å². The molecule has 2 unspecified atom stereocenters. The van der Waals surface area contributed by atoms with Crippen LogP contribution < -0.4 is 4.72 Å². The second-order valence-corrected chi connectivity index (χ2v) is 6.27. The van der Waals surface area contributed by atoms with Crippen LogP contribution >= 0.6 is 0 Å². The predicted molar refractivity (Wildman–Crippen MR) is 63.2 cm³/mol. The van der Waals surface area contributed by atoms with Crippen molar-refractivity contribution >= 4 is 10.2 Å². The van der Waals surface area contributed by atoms with E-state index in [9.17, 15) is 13.5 Å². The van der Waals surface area contributed by atoms with E-state index in [1.165, 1.54) is 4.31 Å². The molecule has 0 spiro atoms. The largest absolute Gasteiger partial charge is 0.393 e. The molecule has 6 heteroatoms. The average molecular weight is 250 g/mol. The van der Waals surface area contributed by atoms with Gasteiger partial charge in [-0.1, -0.05) is 6.42 Å². The molecule has 1 saturated heterocycles. The topological polar surface area (TPSA) is 69.6 Å². The molecule has 1 aliphatic rings. The lowest BCUT2D eigenvalue weighted by Gasteiger charge is -2.27. The van der Waals surface area contributed by atoms with Gasteiger partial charge in [0.05, 0.1) is 6.10 Å². The summed E-state index contributed by atoms with van der Waals surface area (Å²) in [5, 5.41) is 9.18. The van der Waals surface area contributed by atoms with E-state index in [4.69, 9.17) is 0 Å². The first kappa shape index (κ1) is 13.9. The quantitative estimate of drug-likeness (QED) is 0.745. The van der Waals surface area contributed by atoms with Gasteiger partial charge in [-0.15, -0.1) is 0 Å². The van der Waals surface area contributed by atoms with Crippen molar-refractivity contribution in [1.82, 2.24) is 9.03 Å². The van der Waals surface area contributed by atoms with Crippen molar-refractivity contribution in [2.45, 2.75) is 51.7 Å². The standard InChI is InChI=1S/C10H22N2O3S/c1-9(8-10(2)13)11-16(14,15)12-6-4-3-5-7-12/h9-11,13H,3-8H2,1-2H3. The number of rotatable bonds is 5. The van der Waals surface area contributed by atoms with Gasteiger partial charge >= 0.3 is 0 Å². The van der Waals surface area contributed by atoms with E-state index in [0.29, 0.717) is 19.5 Å². The van der Waals surface area contributed by atoms with Gasteiger partial charge in [0.2, 0.25) is 0 Å². The number of hydrogen-bond acceptors (Lipinski definition) is 3. The molecule has 96 valence electrons. The molecule has 16 heavy (non-hydrogen) atoms. The highest BCUT2D eigenvalue weighted by atomic mass is 32.2. The van der Waals surface area contributed by atoms with Crippen LogP contribution in [0.5, 0.6) is 0 Å². The highest BCUT2D eigenvalue weighted by Gasteiger charge is 2.25. The third-order valence-corrected chi connectivity index (χ3v) is 4.44. The van der Waals surface area contributed by atoms with Crippen molar-refractivity contribution in [3.8, 4) is 0 Å². The molecule has 0 radical (unpaired) electrons. The molecule has 5 nitrogen and oxygen atoms in total. The van der Waals surface area contributed by atoms with Gasteiger partial charge in [-0.25, -0.2) is 0 Å². The second-order valence-electron chi connectivity index (χ2n) is 4.57. The van der Waals surface area contributed by atoms with E-state index in [0.717, 1.165) is 19.3 Å². The Bertz CT molecular complexity index is 297. The molecule has 0 amide bonds. The highest BCUT2D eigenvalue weighted by Crippen LogP contribution is 2.12. The number of aliphatic hydroxyl groups excluding tert-OH is 1. The number of nitrogens with one attached hydrogen (secondary N) is 1. The van der Waals surface area contributed by atoms with Gasteiger partial charge in [0.25, 0.3) is 10.2 Å². The summed E-state index contributed by atoms with van der Waals surface area (Å²) < 4.78 is 27.9. The Kier molecular flexibility index (Phi) is 5.17. The van der Waals surface area contributed by atoms with Crippen molar-refractivity contribution in [2.75, 3.05) is 13.1 Å². The molecule has 0 aromatic carbocycles. The van der Waals surface area contributed by atoms with Gasteiger partial charge in [-0.05, 0) is 33.1 Å². The van der Waals surface area contributed by atoms with E-state index in [2.05, 4.69) is 4.72 Å². The van der Waals surface area contributed by atoms with Crippen LogP contribution in [0.4, 0.5) is 0 Å². The summed E-state index contributed by atoms with van der Waals surface area (Å²) in [6.45, 7) is 4.65. The first-order chi connectivity index (χ1) is 7.42. The van der Waals surface area contributed by atoms with Crippen LogP contribution in [0, 0.1) is 0 Å². The summed E-state index contributed by atoms with van der Waals surface area (Å²) in [4.78, 5) is 0. The second kappa shape index (κ2) is 5.95. The maximum Gasteiger partial charge on any atom is 0.279 e. The molecular formula is C10H22N2O3S. The van der Waals surface area contributed by atoms with Crippen LogP contribution in [0.1, 0.15) is 39.5 Å². The zero-order chi connectivity index (χ0) is 12.2. The lowest BCUT2D eigenvalue weighted by molar-refractivity contribution is 0.174. The van der Waals surface area contributed by atoms with Gasteiger partial charge in [0.15, 0.2) is 0 Å². The van der Waals surface area contributed by atoms with Gasteiger partial charge in [0, 0.05) is 19.1 Å². The van der Waals surface area contributed by atoms with Gasteiger partial charge in [-0.3, -0.25) is 0 Å². The van der Waals surface area contributed by atoms with Crippen molar-refractivity contribution in [3.63, 3.8) is 0 Å². The van der Waals surface area contributed by atoms with E-state index in [1.807, 2.05) is 0 Å². The molecule has 0 aromatic heterocycles. The van der Waals surface area contributed by atoms with E-state index in [1.54, 1.807) is 13.8 Å². The summed E-state index contributed by atoms with van der Waals surface area (Å²) in [5.41, 5.74) is 0. The third kappa shape index (κ3) is 4.37. The first-order valence-electron chi connectivity index (χ1n) is 5.87. The number of piperidine rings is 1. The Labute approximate surface area is 98.0 Å². The van der Waals surface area contributed by atoms with Crippen LogP contribution in [0.2, 0.25) is 0 Å². The first-order valence-corrected chi connectivity index (χ1v) is 7.31. The Morgan fingerprint density at radius 2 is 1.81 bits per heavy atom. The maximum absolute atomic E-state index is 11.9. The minimum atomic E-state index is -3.36. The Balaban J connectivity index is 2.49. The fraction of sp³-hybridized carbons (Fsp3) is 1.00. The van der Waals surface area contributed by atoms with Crippen molar-refractivity contribution in [2.24, 2.45) is 0 Å². The van der Waals surface area contributed by atoms with Gasteiger partial charge < -0.3 is 5.11 Å². The fourth-order valence-corrected chi connectivity index (χ4v) is 3.49. The van der Waals surface area contributed by atoms with Crippen molar-refractivity contribution in [1.29, 1.82) is 0 Å². The van der Waals surface area contributed by atoms with Crippen LogP contribution in [-0.4, -0.2) is 43.1 Å². The van der Waals surface area contributed by atoms with Crippen LogP contribution in [0.3, 0.4) is 0 Å². The molecule has 2 N–H and O–H groups in total. The molecule has 2 atom stereocenters. The smallest absolute Gasteiger partial charge is 0.279 e. The van der Waals surface area contributed by atoms with Crippen molar-refractivity contribution < 1.29 is 13.5 Å². The Hall–Kier alpha value is -0.170. The zero-order valence-electron chi connectivity index (χ0n) is 10.0. The summed E-state index contributed by atoms with van der Waals surface area (Å²) in [7, 11) is -3.36. The van der Waals surface area contributed by atoms with E-state index < -0.39 is 16.3 Å².